The molecule has 116 valence electrons. The Kier molecular flexibility index (Phi) is 5.15. The van der Waals surface area contributed by atoms with Crippen molar-refractivity contribution < 1.29 is 9.18 Å². The van der Waals surface area contributed by atoms with Crippen molar-refractivity contribution in [1.82, 2.24) is 4.90 Å². The van der Waals surface area contributed by atoms with Gasteiger partial charge in [-0.15, -0.1) is 0 Å². The molecule has 21 heavy (non-hydrogen) atoms. The van der Waals surface area contributed by atoms with Gasteiger partial charge >= 0.3 is 0 Å². The fourth-order valence-electron chi connectivity index (χ4n) is 3.73. The highest BCUT2D eigenvalue weighted by Crippen LogP contribution is 2.37. The molecule has 1 fully saturated rings. The number of nitrogens with zero attached hydrogens (tertiary/aromatic N) is 1. The minimum atomic E-state index is -0.317. The Bertz CT molecular complexity index is 502. The molecule has 0 aromatic heterocycles. The Morgan fingerprint density at radius 1 is 1.24 bits per heavy atom. The van der Waals surface area contributed by atoms with Crippen LogP contribution in [-0.4, -0.2) is 29.3 Å². The van der Waals surface area contributed by atoms with Crippen molar-refractivity contribution in [3.05, 3.63) is 35.1 Å². The Hall–Kier alpha value is -1.22. The molecule has 1 saturated carbocycles. The number of benzene rings is 1. The molecule has 0 N–H and O–H groups in total. The van der Waals surface area contributed by atoms with Gasteiger partial charge in [0.2, 0.25) is 0 Å². The maximum atomic E-state index is 13.4. The van der Waals surface area contributed by atoms with Crippen molar-refractivity contribution >= 4 is 5.78 Å². The van der Waals surface area contributed by atoms with Crippen molar-refractivity contribution in [2.45, 2.75) is 58.4 Å². The molecule has 0 radical (unpaired) electrons. The van der Waals surface area contributed by atoms with Crippen LogP contribution in [0.4, 0.5) is 4.39 Å². The van der Waals surface area contributed by atoms with Crippen molar-refractivity contribution in [3.63, 3.8) is 0 Å². The predicted molar refractivity (Wildman–Crippen MR) is 84.0 cm³/mol. The molecule has 0 amide bonds. The van der Waals surface area contributed by atoms with E-state index in [0.29, 0.717) is 6.42 Å². The molecule has 0 bridgehead atoms. The highest BCUT2D eigenvalue weighted by molar-refractivity contribution is 5.90. The zero-order valence-corrected chi connectivity index (χ0v) is 13.4. The Morgan fingerprint density at radius 3 is 2.43 bits per heavy atom. The van der Waals surface area contributed by atoms with Gasteiger partial charge in [-0.25, -0.2) is 4.39 Å². The van der Waals surface area contributed by atoms with Gasteiger partial charge in [-0.05, 0) is 56.1 Å². The summed E-state index contributed by atoms with van der Waals surface area (Å²) in [6.07, 6.45) is 4.47. The first-order chi connectivity index (χ1) is 10.0. The minimum absolute atomic E-state index is 0.258. The van der Waals surface area contributed by atoms with E-state index in [-0.39, 0.29) is 17.1 Å². The molecule has 0 spiro atoms. The topological polar surface area (TPSA) is 20.3 Å². The molecule has 2 rings (SSSR count). The Morgan fingerprint density at radius 2 is 1.86 bits per heavy atom. The fourth-order valence-corrected chi connectivity index (χ4v) is 3.73. The summed E-state index contributed by atoms with van der Waals surface area (Å²) >= 11 is 0. The number of ketones is 1. The van der Waals surface area contributed by atoms with E-state index < -0.39 is 0 Å². The van der Waals surface area contributed by atoms with Gasteiger partial charge in [-0.3, -0.25) is 9.69 Å². The van der Waals surface area contributed by atoms with Gasteiger partial charge in [0.15, 0.2) is 5.78 Å². The van der Waals surface area contributed by atoms with Gasteiger partial charge in [0.05, 0.1) is 5.54 Å². The highest BCUT2D eigenvalue weighted by atomic mass is 19.1. The van der Waals surface area contributed by atoms with Crippen LogP contribution in [0.5, 0.6) is 0 Å². The summed E-state index contributed by atoms with van der Waals surface area (Å²) in [5.74, 6) is 0.00381. The van der Waals surface area contributed by atoms with Gasteiger partial charge in [0.1, 0.15) is 5.82 Å². The summed E-state index contributed by atoms with van der Waals surface area (Å²) < 4.78 is 13.4. The van der Waals surface area contributed by atoms with Crippen LogP contribution >= 0.6 is 0 Å². The smallest absolute Gasteiger partial charge is 0.157 e. The van der Waals surface area contributed by atoms with Crippen molar-refractivity contribution in [3.8, 4) is 0 Å². The van der Waals surface area contributed by atoms with E-state index in [9.17, 15) is 9.18 Å². The van der Waals surface area contributed by atoms with Crippen LogP contribution in [0.25, 0.3) is 0 Å². The first-order valence-electron chi connectivity index (χ1n) is 8.07. The fraction of sp³-hybridized carbons (Fsp3) is 0.611. The first-order valence-corrected chi connectivity index (χ1v) is 8.07. The monoisotopic (exact) mass is 291 g/mol. The average molecular weight is 291 g/mol. The number of carbonyl (C=O) groups excluding carboxylic acids is 1. The van der Waals surface area contributed by atoms with E-state index in [1.54, 1.807) is 6.07 Å². The maximum Gasteiger partial charge on any atom is 0.157 e. The number of likely N-dealkylation sites (N-methyl/N-ethyl adjacent to an activating group) is 1. The lowest BCUT2D eigenvalue weighted by molar-refractivity contribution is -0.130. The lowest BCUT2D eigenvalue weighted by Crippen LogP contribution is -2.53. The Balaban J connectivity index is 2.25. The molecule has 2 nitrogen and oxygen atoms in total. The largest absolute Gasteiger partial charge is 0.297 e. The van der Waals surface area contributed by atoms with E-state index in [0.717, 1.165) is 49.9 Å². The van der Waals surface area contributed by atoms with Gasteiger partial charge in [-0.1, -0.05) is 32.8 Å². The summed E-state index contributed by atoms with van der Waals surface area (Å²) in [5, 5.41) is 0. The molecule has 1 aromatic rings. The third kappa shape index (κ3) is 3.18. The number of halogens is 1. The van der Waals surface area contributed by atoms with Crippen molar-refractivity contribution in [1.29, 1.82) is 0 Å². The number of hydrogen-bond acceptors (Lipinski definition) is 2. The minimum Gasteiger partial charge on any atom is -0.297 e. The normalized spacial score (nSPS) is 17.4. The third-order valence-electron chi connectivity index (χ3n) is 4.98. The average Bonchev–Trinajstić information content (AvgIpc) is 2.95. The van der Waals surface area contributed by atoms with Gasteiger partial charge in [-0.2, -0.15) is 0 Å². The van der Waals surface area contributed by atoms with Crippen LogP contribution in [0.2, 0.25) is 0 Å². The summed E-state index contributed by atoms with van der Waals surface area (Å²) in [5.41, 5.74) is 1.51. The molecule has 0 atom stereocenters. The van der Waals surface area contributed by atoms with E-state index >= 15 is 0 Å². The number of hydrogen-bond donors (Lipinski definition) is 0. The van der Waals surface area contributed by atoms with E-state index in [1.807, 2.05) is 6.92 Å². The summed E-state index contributed by atoms with van der Waals surface area (Å²) in [4.78, 5) is 15.3. The zero-order chi connectivity index (χ0) is 15.5. The predicted octanol–water partition coefficient (Wildman–Crippen LogP) is 3.90. The van der Waals surface area contributed by atoms with Crippen LogP contribution in [0.1, 0.15) is 50.7 Å². The van der Waals surface area contributed by atoms with E-state index in [4.69, 9.17) is 0 Å². The molecule has 0 heterocycles. The lowest BCUT2D eigenvalue weighted by Gasteiger charge is -2.39. The van der Waals surface area contributed by atoms with Crippen molar-refractivity contribution in [2.24, 2.45) is 0 Å². The molecule has 1 aromatic carbocycles. The summed E-state index contributed by atoms with van der Waals surface area (Å²) in [7, 11) is 0. The number of aryl methyl sites for hydroxylation is 1. The maximum absolute atomic E-state index is 13.4. The SMILES string of the molecule is CCN(CC)C1(C(=O)Cc2cc(F)ccc2C)CCCC1. The van der Waals surface area contributed by atoms with Crippen molar-refractivity contribution in [2.75, 3.05) is 13.1 Å². The lowest BCUT2D eigenvalue weighted by atomic mass is 9.85. The second kappa shape index (κ2) is 6.69. The second-order valence-corrected chi connectivity index (χ2v) is 6.08. The number of carbonyl (C=O) groups is 1. The molecule has 1 aliphatic carbocycles. The number of rotatable bonds is 6. The Labute approximate surface area is 127 Å². The van der Waals surface area contributed by atoms with E-state index in [2.05, 4.69) is 18.7 Å². The second-order valence-electron chi connectivity index (χ2n) is 6.08. The zero-order valence-electron chi connectivity index (χ0n) is 13.4. The molecule has 1 aliphatic rings. The molecular formula is C18H26FNO. The van der Waals surface area contributed by atoms with Crippen LogP contribution in [-0.2, 0) is 11.2 Å². The van der Waals surface area contributed by atoms with Crippen LogP contribution in [0.15, 0.2) is 18.2 Å². The van der Waals surface area contributed by atoms with Crippen LogP contribution in [0, 0.1) is 12.7 Å². The quantitative estimate of drug-likeness (QED) is 0.792. The standard InChI is InChI=1S/C18H26FNO/c1-4-20(5-2)18(10-6-7-11-18)17(21)13-15-12-16(19)9-8-14(15)3/h8-9,12H,4-7,10-11,13H2,1-3H3. The number of Topliss-reactive ketones (excluding diaryl/α,β-unsaturated/α-hetero) is 1. The molecule has 0 saturated heterocycles. The summed E-state index contributed by atoms with van der Waals surface area (Å²) in [6.45, 7) is 7.96. The van der Waals surface area contributed by atoms with Gasteiger partial charge in [0, 0.05) is 6.42 Å². The van der Waals surface area contributed by atoms with Gasteiger partial charge < -0.3 is 0 Å². The summed E-state index contributed by atoms with van der Waals surface area (Å²) in [6, 6.07) is 4.73. The molecule has 3 heteroatoms. The van der Waals surface area contributed by atoms with Crippen LogP contribution in [0.3, 0.4) is 0 Å². The first kappa shape index (κ1) is 16.2. The van der Waals surface area contributed by atoms with E-state index in [1.165, 1.54) is 12.1 Å². The van der Waals surface area contributed by atoms with Crippen LogP contribution < -0.4 is 0 Å². The molecular weight excluding hydrogens is 265 g/mol. The van der Waals surface area contributed by atoms with Gasteiger partial charge in [0.25, 0.3) is 0 Å². The third-order valence-corrected chi connectivity index (χ3v) is 4.98. The molecule has 0 unspecified atom stereocenters. The molecule has 0 aliphatic heterocycles. The highest BCUT2D eigenvalue weighted by Gasteiger charge is 2.44.